The molecule has 1 aliphatic rings. The molecule has 27 heavy (non-hydrogen) atoms. The number of hydrogen-bond acceptors (Lipinski definition) is 7. The molecule has 1 aromatic heterocycles. The molecule has 146 valence electrons. The molecule has 1 fully saturated rings. The second kappa shape index (κ2) is 9.93. The van der Waals surface area contributed by atoms with Gasteiger partial charge in [-0.25, -0.2) is 0 Å². The molecule has 2 N–H and O–H groups in total. The number of halogens is 2. The molecule has 0 spiro atoms. The maximum Gasteiger partial charge on any atom is 0.230 e. The summed E-state index contributed by atoms with van der Waals surface area (Å²) in [6, 6.07) is 5.04. The molecule has 6 nitrogen and oxygen atoms in total. The van der Waals surface area contributed by atoms with Crippen LogP contribution in [0.1, 0.15) is 31.4 Å². The summed E-state index contributed by atoms with van der Waals surface area (Å²) < 4.78 is 6.32. The third kappa shape index (κ3) is 6.22. The summed E-state index contributed by atoms with van der Waals surface area (Å²) >= 11 is 14.9. The van der Waals surface area contributed by atoms with Crippen molar-refractivity contribution in [3.05, 3.63) is 33.8 Å². The molecule has 2 atom stereocenters. The second-order valence-corrected chi connectivity index (χ2v) is 9.18. The Morgan fingerprint density at radius 3 is 3.04 bits per heavy atom. The molecule has 10 heteroatoms. The highest BCUT2D eigenvalue weighted by Gasteiger charge is 2.17. The summed E-state index contributed by atoms with van der Waals surface area (Å²) in [7, 11) is 0. The van der Waals surface area contributed by atoms with Crippen LogP contribution in [0.3, 0.4) is 0 Å². The number of thioether (sulfide) groups is 1. The fraction of sp³-hybridized carbons (Fsp3) is 0.471. The van der Waals surface area contributed by atoms with E-state index in [0.717, 1.165) is 41.0 Å². The molecule has 1 aliphatic heterocycles. The van der Waals surface area contributed by atoms with Crippen molar-refractivity contribution in [1.82, 2.24) is 15.5 Å². The van der Waals surface area contributed by atoms with Crippen LogP contribution in [0.15, 0.2) is 22.5 Å². The lowest BCUT2D eigenvalue weighted by Crippen LogP contribution is -2.28. The minimum Gasteiger partial charge on any atom is -0.376 e. The van der Waals surface area contributed by atoms with Gasteiger partial charge in [-0.1, -0.05) is 52.4 Å². The van der Waals surface area contributed by atoms with Crippen LogP contribution in [0.2, 0.25) is 10.0 Å². The monoisotopic (exact) mass is 446 g/mol. The van der Waals surface area contributed by atoms with Crippen LogP contribution in [0, 0.1) is 0 Å². The number of hydrogen-bond donors (Lipinski definition) is 2. The smallest absolute Gasteiger partial charge is 0.230 e. The lowest BCUT2D eigenvalue weighted by atomic mass is 10.1. The number of benzene rings is 1. The van der Waals surface area contributed by atoms with E-state index in [1.165, 1.54) is 23.1 Å². The van der Waals surface area contributed by atoms with Crippen molar-refractivity contribution < 1.29 is 9.53 Å². The largest absolute Gasteiger partial charge is 0.376 e. The van der Waals surface area contributed by atoms with Crippen molar-refractivity contribution in [2.75, 3.05) is 24.2 Å². The Kier molecular flexibility index (Phi) is 7.60. The molecule has 0 bridgehead atoms. The van der Waals surface area contributed by atoms with Gasteiger partial charge in [0.1, 0.15) is 0 Å². The topological polar surface area (TPSA) is 76.1 Å². The molecule has 0 aliphatic carbocycles. The third-order valence-corrected chi connectivity index (χ3v) is 6.62. The Balaban J connectivity index is 1.43. The van der Waals surface area contributed by atoms with Crippen molar-refractivity contribution >= 4 is 57.3 Å². The van der Waals surface area contributed by atoms with E-state index in [2.05, 4.69) is 20.8 Å². The van der Waals surface area contributed by atoms with Crippen LogP contribution >= 0.6 is 46.3 Å². The molecule has 2 aromatic rings. The second-order valence-electron chi connectivity index (χ2n) is 6.13. The number of aromatic nitrogens is 2. The van der Waals surface area contributed by atoms with E-state index in [0.29, 0.717) is 10.0 Å². The van der Waals surface area contributed by atoms with Gasteiger partial charge in [0.15, 0.2) is 4.34 Å². The summed E-state index contributed by atoms with van der Waals surface area (Å²) in [5.41, 5.74) is 0.830. The standard InChI is InChI=1S/C17H20Cl2N4O2S2/c1-10(13-5-4-11(18)7-14(13)19)21-15(24)9-26-17-23-22-16(27-17)20-8-12-3-2-6-25-12/h4-5,7,10,12H,2-3,6,8-9H2,1H3,(H,20,22)(H,21,24)/t10-,12-/m1/s1. The van der Waals surface area contributed by atoms with E-state index in [1.807, 2.05) is 13.0 Å². The van der Waals surface area contributed by atoms with Crippen LogP contribution in [0.4, 0.5) is 5.13 Å². The molecule has 3 rings (SSSR count). The van der Waals surface area contributed by atoms with Gasteiger partial charge < -0.3 is 15.4 Å². The van der Waals surface area contributed by atoms with Gasteiger partial charge in [-0.05, 0) is 37.5 Å². The molecule has 2 heterocycles. The molecule has 0 unspecified atom stereocenters. The number of amides is 1. The van der Waals surface area contributed by atoms with Gasteiger partial charge >= 0.3 is 0 Å². The van der Waals surface area contributed by atoms with Crippen LogP contribution in [0.5, 0.6) is 0 Å². The lowest BCUT2D eigenvalue weighted by molar-refractivity contribution is -0.119. The van der Waals surface area contributed by atoms with E-state index in [1.54, 1.807) is 12.1 Å². The number of rotatable bonds is 8. The Morgan fingerprint density at radius 2 is 2.30 bits per heavy atom. The Hall–Kier alpha value is -1.06. The van der Waals surface area contributed by atoms with Gasteiger partial charge in [0.25, 0.3) is 0 Å². The van der Waals surface area contributed by atoms with Gasteiger partial charge in [0, 0.05) is 23.2 Å². The summed E-state index contributed by atoms with van der Waals surface area (Å²) in [5, 5.41) is 16.2. The van der Waals surface area contributed by atoms with Crippen molar-refractivity contribution in [2.24, 2.45) is 0 Å². The Morgan fingerprint density at radius 1 is 1.44 bits per heavy atom. The predicted octanol–water partition coefficient (Wildman–Crippen LogP) is 4.41. The van der Waals surface area contributed by atoms with E-state index in [9.17, 15) is 4.79 Å². The number of carbonyl (C=O) groups excluding carboxylic acids is 1. The lowest BCUT2D eigenvalue weighted by Gasteiger charge is -2.15. The average molecular weight is 447 g/mol. The van der Waals surface area contributed by atoms with Gasteiger partial charge in [-0.2, -0.15) is 0 Å². The molecule has 1 saturated heterocycles. The molecule has 1 aromatic carbocycles. The summed E-state index contributed by atoms with van der Waals surface area (Å²) in [4.78, 5) is 12.2. The van der Waals surface area contributed by atoms with Gasteiger partial charge in [0.05, 0.1) is 17.9 Å². The summed E-state index contributed by atoms with van der Waals surface area (Å²) in [5.74, 6) is 0.165. The number of nitrogens with zero attached hydrogens (tertiary/aromatic N) is 2. The maximum absolute atomic E-state index is 12.2. The van der Waals surface area contributed by atoms with Crippen LogP contribution < -0.4 is 10.6 Å². The highest BCUT2D eigenvalue weighted by atomic mass is 35.5. The minimum atomic E-state index is -0.207. The number of nitrogens with one attached hydrogen (secondary N) is 2. The van der Waals surface area contributed by atoms with Crippen LogP contribution in [-0.2, 0) is 9.53 Å². The first-order chi connectivity index (χ1) is 13.0. The van der Waals surface area contributed by atoms with Crippen molar-refractivity contribution in [2.45, 2.75) is 36.3 Å². The molecule has 0 radical (unpaired) electrons. The predicted molar refractivity (Wildman–Crippen MR) is 111 cm³/mol. The van der Waals surface area contributed by atoms with E-state index in [-0.39, 0.29) is 23.8 Å². The zero-order valence-corrected chi connectivity index (χ0v) is 17.9. The summed E-state index contributed by atoms with van der Waals surface area (Å²) in [6.45, 7) is 3.45. The first kappa shape index (κ1) is 20.7. The highest BCUT2D eigenvalue weighted by molar-refractivity contribution is 8.01. The SMILES string of the molecule is C[C@@H](NC(=O)CSc1nnc(NC[C@H]2CCCO2)s1)c1ccc(Cl)cc1Cl. The maximum atomic E-state index is 12.2. The average Bonchev–Trinajstić information content (AvgIpc) is 3.29. The van der Waals surface area contributed by atoms with Crippen LogP contribution in [-0.4, -0.2) is 41.1 Å². The van der Waals surface area contributed by atoms with Crippen molar-refractivity contribution in [1.29, 1.82) is 0 Å². The fourth-order valence-electron chi connectivity index (χ4n) is 2.69. The molecular formula is C17H20Cl2N4O2S2. The van der Waals surface area contributed by atoms with Gasteiger partial charge in [-0.15, -0.1) is 10.2 Å². The quantitative estimate of drug-likeness (QED) is 0.584. The number of carbonyl (C=O) groups is 1. The normalized spacial score (nSPS) is 17.7. The van der Waals surface area contributed by atoms with Gasteiger partial charge in [0.2, 0.25) is 11.0 Å². The molecule has 1 amide bonds. The van der Waals surface area contributed by atoms with E-state index < -0.39 is 0 Å². The number of ether oxygens (including phenoxy) is 1. The Labute approximate surface area is 176 Å². The highest BCUT2D eigenvalue weighted by Crippen LogP contribution is 2.28. The third-order valence-electron chi connectivity index (χ3n) is 4.04. The fourth-order valence-corrected chi connectivity index (χ4v) is 4.83. The molecule has 0 saturated carbocycles. The zero-order chi connectivity index (χ0) is 19.2. The zero-order valence-electron chi connectivity index (χ0n) is 14.7. The van der Waals surface area contributed by atoms with E-state index in [4.69, 9.17) is 27.9 Å². The van der Waals surface area contributed by atoms with Gasteiger partial charge in [-0.3, -0.25) is 4.79 Å². The minimum absolute atomic E-state index is 0.0948. The Bertz CT molecular complexity index is 784. The number of anilines is 1. The first-order valence-electron chi connectivity index (χ1n) is 8.57. The van der Waals surface area contributed by atoms with Crippen molar-refractivity contribution in [3.8, 4) is 0 Å². The first-order valence-corrected chi connectivity index (χ1v) is 11.1. The van der Waals surface area contributed by atoms with E-state index >= 15 is 0 Å². The van der Waals surface area contributed by atoms with Crippen LogP contribution in [0.25, 0.3) is 0 Å². The summed E-state index contributed by atoms with van der Waals surface area (Å²) in [6.07, 6.45) is 2.43. The van der Waals surface area contributed by atoms with Crippen molar-refractivity contribution in [3.63, 3.8) is 0 Å². The molecular weight excluding hydrogens is 427 g/mol.